The maximum absolute atomic E-state index is 11.2. The summed E-state index contributed by atoms with van der Waals surface area (Å²) in [5, 5.41) is 0. The minimum atomic E-state index is -0.792. The van der Waals surface area contributed by atoms with E-state index in [0.717, 1.165) is 0 Å². The average Bonchev–Trinajstić information content (AvgIpc) is 2.71. The lowest BCUT2D eigenvalue weighted by atomic mass is 10.4. The van der Waals surface area contributed by atoms with Gasteiger partial charge >= 0.3 is 23.9 Å². The van der Waals surface area contributed by atoms with Crippen LogP contribution in [0, 0.1) is 0 Å². The van der Waals surface area contributed by atoms with Crippen molar-refractivity contribution in [2.24, 2.45) is 0 Å². The lowest BCUT2D eigenvalue weighted by Crippen LogP contribution is -2.21. The van der Waals surface area contributed by atoms with Crippen LogP contribution in [-0.4, -0.2) is 50.3 Å². The summed E-state index contributed by atoms with van der Waals surface area (Å²) in [5.74, 6) is -3.00. The predicted molar refractivity (Wildman–Crippen MR) is 107 cm³/mol. The van der Waals surface area contributed by atoms with Crippen molar-refractivity contribution in [3.63, 3.8) is 0 Å². The molecule has 0 aromatic rings. The van der Waals surface area contributed by atoms with E-state index in [1.807, 2.05) is 0 Å². The van der Waals surface area contributed by atoms with Crippen molar-refractivity contribution in [1.29, 1.82) is 0 Å². The molecule has 0 aromatic carbocycles. The van der Waals surface area contributed by atoms with Crippen LogP contribution in [0.15, 0.2) is 63.8 Å². The van der Waals surface area contributed by atoms with E-state index in [2.05, 4.69) is 71.6 Å². The third kappa shape index (κ3) is 22.6. The zero-order chi connectivity index (χ0) is 23.1. The van der Waals surface area contributed by atoms with Crippen LogP contribution in [0.3, 0.4) is 0 Å². The van der Waals surface area contributed by atoms with E-state index < -0.39 is 37.1 Å². The van der Waals surface area contributed by atoms with Gasteiger partial charge in [-0.05, 0) is 13.8 Å². The highest BCUT2D eigenvalue weighted by Gasteiger charge is 2.11. The van der Waals surface area contributed by atoms with E-state index in [4.69, 9.17) is 0 Å². The molecule has 0 aliphatic rings. The molecule has 0 N–H and O–H groups in total. The van der Waals surface area contributed by atoms with Crippen LogP contribution in [0.5, 0.6) is 0 Å². The third-order valence-corrected chi connectivity index (χ3v) is 1.95. The van der Waals surface area contributed by atoms with Gasteiger partial charge < -0.3 is 18.9 Å². The van der Waals surface area contributed by atoms with Crippen LogP contribution in [0.25, 0.3) is 0 Å². The fourth-order valence-electron chi connectivity index (χ4n) is 0.890. The lowest BCUT2D eigenvalue weighted by molar-refractivity contribution is -0.162. The Morgan fingerprint density at radius 1 is 0.571 bits per heavy atom. The molecule has 0 aliphatic carbocycles. The van der Waals surface area contributed by atoms with Gasteiger partial charge in [-0.3, -0.25) is 0 Å². The molecule has 0 spiro atoms. The Morgan fingerprint density at radius 2 is 0.821 bits per heavy atom. The van der Waals surface area contributed by atoms with Gasteiger partial charge in [0.1, 0.15) is 13.2 Å². The van der Waals surface area contributed by atoms with Crippen LogP contribution in [0.2, 0.25) is 0 Å². The quantitative estimate of drug-likeness (QED) is 0.192. The van der Waals surface area contributed by atoms with Gasteiger partial charge in [0.25, 0.3) is 0 Å². The molecule has 0 fully saturated rings. The first-order chi connectivity index (χ1) is 13.2. The normalized spacial score (nSPS) is 7.79. The van der Waals surface area contributed by atoms with Gasteiger partial charge in [0, 0.05) is 11.1 Å². The number of carbonyl (C=O) groups is 4. The monoisotopic (exact) mass is 398 g/mol. The second kappa shape index (κ2) is 23.6. The van der Waals surface area contributed by atoms with Crippen molar-refractivity contribution < 1.29 is 38.1 Å². The molecule has 8 heteroatoms. The van der Waals surface area contributed by atoms with Gasteiger partial charge in [-0.2, -0.15) is 0 Å². The summed E-state index contributed by atoms with van der Waals surface area (Å²) in [5.41, 5.74) is 0.317. The van der Waals surface area contributed by atoms with Crippen LogP contribution >= 0.6 is 0 Å². The number of ether oxygens (including phenoxy) is 4. The summed E-state index contributed by atoms with van der Waals surface area (Å²) in [6.07, 6.45) is 0. The first-order valence-corrected chi connectivity index (χ1v) is 7.70. The number of hydrogen-bond acceptors (Lipinski definition) is 8. The van der Waals surface area contributed by atoms with Gasteiger partial charge in [0.15, 0.2) is 13.2 Å². The third-order valence-electron chi connectivity index (χ3n) is 1.95. The summed E-state index contributed by atoms with van der Waals surface area (Å²) >= 11 is 0. The maximum Gasteiger partial charge on any atom is 0.344 e. The molecular formula is C20H30O8. The Labute approximate surface area is 166 Å². The molecule has 0 heterocycles. The molecule has 0 amide bonds. The first-order valence-electron chi connectivity index (χ1n) is 7.70. The maximum atomic E-state index is 11.2. The van der Waals surface area contributed by atoms with E-state index in [1.54, 1.807) is 0 Å². The summed E-state index contributed by atoms with van der Waals surface area (Å²) in [6.45, 7) is 26.0. The number of hydrogen-bond donors (Lipinski definition) is 0. The summed E-state index contributed by atoms with van der Waals surface area (Å²) in [7, 11) is 0. The van der Waals surface area contributed by atoms with Crippen LogP contribution in [-0.2, 0) is 38.1 Å². The zero-order valence-electron chi connectivity index (χ0n) is 16.8. The molecule has 0 atom stereocenters. The molecule has 0 aliphatic heterocycles. The van der Waals surface area contributed by atoms with E-state index in [9.17, 15) is 19.2 Å². The molecule has 0 rings (SSSR count). The van der Waals surface area contributed by atoms with Gasteiger partial charge in [-0.1, -0.05) is 13.2 Å². The smallest absolute Gasteiger partial charge is 0.344 e. The molecule has 8 nitrogen and oxygen atoms in total. The summed E-state index contributed by atoms with van der Waals surface area (Å²) < 4.78 is 18.4. The highest BCUT2D eigenvalue weighted by Crippen LogP contribution is 1.94. The molecule has 158 valence electrons. The molecular weight excluding hydrogens is 368 g/mol. The van der Waals surface area contributed by atoms with E-state index in [-0.39, 0.29) is 24.4 Å². The molecule has 0 unspecified atom stereocenters. The fraction of sp³-hybridized carbons (Fsp3) is 0.300. The predicted octanol–water partition coefficient (Wildman–Crippen LogP) is 2.72. The largest absolute Gasteiger partial charge is 0.460 e. The summed E-state index contributed by atoms with van der Waals surface area (Å²) in [4.78, 5) is 44.3. The van der Waals surface area contributed by atoms with Crippen molar-refractivity contribution in [3.05, 3.63) is 63.8 Å². The first kappa shape index (κ1) is 32.3. The second-order valence-corrected chi connectivity index (χ2v) is 4.15. The van der Waals surface area contributed by atoms with Crippen LogP contribution in [0.4, 0.5) is 0 Å². The van der Waals surface area contributed by atoms with E-state index in [0.29, 0.717) is 0 Å². The Kier molecular flexibility index (Phi) is 27.2. The Hall–Kier alpha value is -3.42. The average molecular weight is 398 g/mol. The molecule has 0 saturated heterocycles. The van der Waals surface area contributed by atoms with Gasteiger partial charge in [0.2, 0.25) is 0 Å². The number of esters is 4. The SMILES string of the molecule is C=C.C=C.C=C.C=C(C)C(=O)OCC(=O)OCCOC(=O)COC(=O)C(=C)C. The van der Waals surface area contributed by atoms with E-state index >= 15 is 0 Å². The molecule has 28 heavy (non-hydrogen) atoms. The van der Waals surface area contributed by atoms with Crippen molar-refractivity contribution >= 4 is 23.9 Å². The van der Waals surface area contributed by atoms with Gasteiger partial charge in [0.05, 0.1) is 0 Å². The minimum absolute atomic E-state index is 0.158. The zero-order valence-corrected chi connectivity index (χ0v) is 16.8. The summed E-state index contributed by atoms with van der Waals surface area (Å²) in [6, 6.07) is 0. The highest BCUT2D eigenvalue weighted by atomic mass is 16.6. The van der Waals surface area contributed by atoms with Crippen LogP contribution < -0.4 is 0 Å². The minimum Gasteiger partial charge on any atom is -0.460 e. The Balaban J connectivity index is -0.000000434. The molecule has 0 saturated carbocycles. The van der Waals surface area contributed by atoms with Gasteiger partial charge in [-0.15, -0.1) is 39.5 Å². The molecule has 0 bridgehead atoms. The second-order valence-electron chi connectivity index (χ2n) is 4.15. The Bertz CT molecular complexity index is 474. The fourth-order valence-corrected chi connectivity index (χ4v) is 0.890. The standard InChI is InChI=1S/C14H18O8.3C2H4/c1-9(2)13(17)21-7-11(15)19-5-6-20-12(16)8-22-14(18)10(3)4;3*1-2/h1,3,5-8H2,2,4H3;3*1-2H2. The topological polar surface area (TPSA) is 105 Å². The number of carbonyl (C=O) groups excluding carboxylic acids is 4. The number of rotatable bonds is 9. The van der Waals surface area contributed by atoms with Crippen LogP contribution in [0.1, 0.15) is 13.8 Å². The highest BCUT2D eigenvalue weighted by molar-refractivity contribution is 5.89. The van der Waals surface area contributed by atoms with Gasteiger partial charge in [-0.25, -0.2) is 19.2 Å². The van der Waals surface area contributed by atoms with Crippen molar-refractivity contribution in [1.82, 2.24) is 0 Å². The molecule has 0 radical (unpaired) electrons. The van der Waals surface area contributed by atoms with Crippen molar-refractivity contribution in [3.8, 4) is 0 Å². The van der Waals surface area contributed by atoms with Crippen molar-refractivity contribution in [2.45, 2.75) is 13.8 Å². The molecule has 0 aromatic heterocycles. The van der Waals surface area contributed by atoms with Crippen molar-refractivity contribution in [2.75, 3.05) is 26.4 Å². The lowest BCUT2D eigenvalue weighted by Gasteiger charge is -2.07. The Morgan fingerprint density at radius 3 is 1.04 bits per heavy atom. The van der Waals surface area contributed by atoms with E-state index in [1.165, 1.54) is 13.8 Å².